The van der Waals surface area contributed by atoms with E-state index >= 15 is 0 Å². The number of rotatable bonds is 9. The Bertz CT molecular complexity index is 1050. The van der Waals surface area contributed by atoms with E-state index in [1.807, 2.05) is 0 Å². The Morgan fingerprint density at radius 3 is 2.09 bits per heavy atom. The molecule has 0 radical (unpaired) electrons. The minimum atomic E-state index is -4.66. The molecule has 0 unspecified atom stereocenters. The average molecular weight is 476 g/mol. The second-order valence-electron chi connectivity index (χ2n) is 6.63. The number of hydrogen-bond donors (Lipinski definition) is 1. The zero-order chi connectivity index (χ0) is 24.1. The van der Waals surface area contributed by atoms with Crippen LogP contribution in [0.1, 0.15) is 11.1 Å². The first-order valence-corrected chi connectivity index (χ1v) is 11.0. The molecule has 0 saturated heterocycles. The Morgan fingerprint density at radius 1 is 1.03 bits per heavy atom. The van der Waals surface area contributed by atoms with E-state index in [0.717, 1.165) is 18.4 Å². The van der Waals surface area contributed by atoms with Crippen molar-refractivity contribution in [1.82, 2.24) is 5.32 Å². The number of carbonyl (C=O) groups excluding carboxylic acids is 1. The fourth-order valence-electron chi connectivity index (χ4n) is 2.86. The van der Waals surface area contributed by atoms with Crippen LogP contribution in [0, 0.1) is 0 Å². The molecule has 0 spiro atoms. The Balaban J connectivity index is 2.21. The molecule has 0 aromatic heterocycles. The standard InChI is InChI=1S/C20H23F3N2O6S/c1-29-16-8-13(9-17(30-2)19(16)31-3)11-24-18(26)12-25(32(4,27)28)15-7-5-6-14(10-15)20(21,22)23/h5-10H,11-12H2,1-4H3,(H,24,26). The predicted octanol–water partition coefficient (Wildman–Crippen LogP) is 2.81. The van der Waals surface area contributed by atoms with Gasteiger partial charge in [0.05, 0.1) is 38.8 Å². The highest BCUT2D eigenvalue weighted by Crippen LogP contribution is 2.38. The highest BCUT2D eigenvalue weighted by atomic mass is 32.2. The third-order valence-electron chi connectivity index (χ3n) is 4.36. The van der Waals surface area contributed by atoms with E-state index in [2.05, 4.69) is 5.32 Å². The Kier molecular flexibility index (Phi) is 7.83. The summed E-state index contributed by atoms with van der Waals surface area (Å²) in [6.07, 6.45) is -3.85. The van der Waals surface area contributed by atoms with Gasteiger partial charge in [0.1, 0.15) is 6.54 Å². The van der Waals surface area contributed by atoms with Gasteiger partial charge >= 0.3 is 6.18 Å². The molecule has 0 aliphatic carbocycles. The molecule has 12 heteroatoms. The van der Waals surface area contributed by atoms with Gasteiger partial charge in [-0.1, -0.05) is 6.07 Å². The van der Waals surface area contributed by atoms with Crippen LogP contribution in [0.2, 0.25) is 0 Å². The number of nitrogens with zero attached hydrogens (tertiary/aromatic N) is 1. The topological polar surface area (TPSA) is 94.2 Å². The molecule has 176 valence electrons. The molecule has 0 fully saturated rings. The fourth-order valence-corrected chi connectivity index (χ4v) is 3.71. The first-order valence-electron chi connectivity index (χ1n) is 9.11. The van der Waals surface area contributed by atoms with Crippen LogP contribution in [0.4, 0.5) is 18.9 Å². The number of sulfonamides is 1. The van der Waals surface area contributed by atoms with E-state index in [4.69, 9.17) is 14.2 Å². The second kappa shape index (κ2) is 9.98. The number of ether oxygens (including phenoxy) is 3. The van der Waals surface area contributed by atoms with Crippen molar-refractivity contribution in [3.63, 3.8) is 0 Å². The van der Waals surface area contributed by atoms with Crippen LogP contribution in [-0.2, 0) is 27.5 Å². The number of carbonyl (C=O) groups is 1. The summed E-state index contributed by atoms with van der Waals surface area (Å²) in [6.45, 7) is -0.722. The van der Waals surface area contributed by atoms with E-state index in [9.17, 15) is 26.4 Å². The van der Waals surface area contributed by atoms with Gasteiger partial charge in [-0.3, -0.25) is 9.10 Å². The molecule has 2 aromatic rings. The smallest absolute Gasteiger partial charge is 0.416 e. The largest absolute Gasteiger partial charge is 0.493 e. The quantitative estimate of drug-likeness (QED) is 0.598. The van der Waals surface area contributed by atoms with Gasteiger partial charge in [-0.25, -0.2) is 8.42 Å². The van der Waals surface area contributed by atoms with Crippen molar-refractivity contribution in [2.45, 2.75) is 12.7 Å². The van der Waals surface area contributed by atoms with Crippen molar-refractivity contribution in [3.05, 3.63) is 47.5 Å². The van der Waals surface area contributed by atoms with Gasteiger partial charge < -0.3 is 19.5 Å². The molecule has 0 bridgehead atoms. The summed E-state index contributed by atoms with van der Waals surface area (Å²) >= 11 is 0. The van der Waals surface area contributed by atoms with E-state index in [0.29, 0.717) is 33.2 Å². The van der Waals surface area contributed by atoms with E-state index < -0.39 is 34.2 Å². The molecule has 0 aliphatic heterocycles. The lowest BCUT2D eigenvalue weighted by atomic mass is 10.1. The van der Waals surface area contributed by atoms with Crippen molar-refractivity contribution >= 4 is 21.6 Å². The van der Waals surface area contributed by atoms with E-state index in [1.165, 1.54) is 27.4 Å². The second-order valence-corrected chi connectivity index (χ2v) is 8.53. The van der Waals surface area contributed by atoms with Crippen molar-refractivity contribution < 1.29 is 40.6 Å². The normalized spacial score (nSPS) is 11.6. The van der Waals surface area contributed by atoms with Crippen LogP contribution in [0.3, 0.4) is 0 Å². The summed E-state index contributed by atoms with van der Waals surface area (Å²) in [5.74, 6) is 0.357. The SMILES string of the molecule is COc1cc(CNC(=O)CN(c2cccc(C(F)(F)F)c2)S(C)(=O)=O)cc(OC)c1OC. The molecule has 8 nitrogen and oxygen atoms in total. The lowest BCUT2D eigenvalue weighted by Crippen LogP contribution is -2.40. The van der Waals surface area contributed by atoms with Crippen LogP contribution >= 0.6 is 0 Å². The first kappa shape index (κ1) is 25.1. The molecule has 2 aromatic carbocycles. The summed E-state index contributed by atoms with van der Waals surface area (Å²) in [4.78, 5) is 12.4. The number of anilines is 1. The third kappa shape index (κ3) is 6.19. The number of methoxy groups -OCH3 is 3. The molecule has 0 atom stereocenters. The zero-order valence-corrected chi connectivity index (χ0v) is 18.6. The van der Waals surface area contributed by atoms with Gasteiger partial charge in [0, 0.05) is 6.54 Å². The number of alkyl halides is 3. The monoisotopic (exact) mass is 476 g/mol. The van der Waals surface area contributed by atoms with Crippen LogP contribution in [0.5, 0.6) is 17.2 Å². The van der Waals surface area contributed by atoms with Gasteiger partial charge in [-0.05, 0) is 35.9 Å². The van der Waals surface area contributed by atoms with E-state index in [-0.39, 0.29) is 12.2 Å². The molecule has 1 amide bonds. The molecule has 1 N–H and O–H groups in total. The zero-order valence-electron chi connectivity index (χ0n) is 17.8. The number of benzene rings is 2. The summed E-state index contributed by atoms with van der Waals surface area (Å²) in [5.41, 5.74) is -0.732. The number of hydrogen-bond acceptors (Lipinski definition) is 6. The van der Waals surface area contributed by atoms with Gasteiger partial charge in [-0.15, -0.1) is 0 Å². The maximum absolute atomic E-state index is 13.0. The molecule has 32 heavy (non-hydrogen) atoms. The lowest BCUT2D eigenvalue weighted by molar-refractivity contribution is -0.137. The van der Waals surface area contributed by atoms with Crippen molar-refractivity contribution in [1.29, 1.82) is 0 Å². The molecule has 2 rings (SSSR count). The summed E-state index contributed by atoms with van der Waals surface area (Å²) < 4.78 is 79.6. The van der Waals surface area contributed by atoms with Gasteiger partial charge in [0.15, 0.2) is 11.5 Å². The third-order valence-corrected chi connectivity index (χ3v) is 5.50. The maximum atomic E-state index is 13.0. The first-order chi connectivity index (χ1) is 14.9. The van der Waals surface area contributed by atoms with Crippen LogP contribution < -0.4 is 23.8 Å². The molecule has 0 saturated carbocycles. The fraction of sp³-hybridized carbons (Fsp3) is 0.350. The number of amides is 1. The molecular weight excluding hydrogens is 453 g/mol. The molecular formula is C20H23F3N2O6S. The van der Waals surface area contributed by atoms with E-state index in [1.54, 1.807) is 12.1 Å². The van der Waals surface area contributed by atoms with Crippen molar-refractivity contribution in [2.24, 2.45) is 0 Å². The number of nitrogens with one attached hydrogen (secondary N) is 1. The van der Waals surface area contributed by atoms with Crippen LogP contribution in [-0.4, -0.2) is 48.5 Å². The van der Waals surface area contributed by atoms with Crippen molar-refractivity contribution in [3.8, 4) is 17.2 Å². The summed E-state index contributed by atoms with van der Waals surface area (Å²) in [5, 5.41) is 2.54. The minimum absolute atomic E-state index is 0.0181. The van der Waals surface area contributed by atoms with Crippen LogP contribution in [0.15, 0.2) is 36.4 Å². The minimum Gasteiger partial charge on any atom is -0.493 e. The summed E-state index contributed by atoms with van der Waals surface area (Å²) in [6, 6.07) is 6.94. The number of halogens is 3. The van der Waals surface area contributed by atoms with Crippen molar-refractivity contribution in [2.75, 3.05) is 38.4 Å². The molecule has 0 aliphatic rings. The highest BCUT2D eigenvalue weighted by Gasteiger charge is 2.32. The average Bonchev–Trinajstić information content (AvgIpc) is 2.73. The maximum Gasteiger partial charge on any atom is 0.416 e. The predicted molar refractivity (Wildman–Crippen MR) is 112 cm³/mol. The Morgan fingerprint density at radius 2 is 1.62 bits per heavy atom. The van der Waals surface area contributed by atoms with Crippen LogP contribution in [0.25, 0.3) is 0 Å². The Hall–Kier alpha value is -3.15. The highest BCUT2D eigenvalue weighted by molar-refractivity contribution is 7.92. The lowest BCUT2D eigenvalue weighted by Gasteiger charge is -2.23. The van der Waals surface area contributed by atoms with Gasteiger partial charge in [-0.2, -0.15) is 13.2 Å². The summed E-state index contributed by atoms with van der Waals surface area (Å²) in [7, 11) is 0.258. The van der Waals surface area contributed by atoms with Gasteiger partial charge in [0.25, 0.3) is 0 Å². The Labute approximate surface area is 183 Å². The van der Waals surface area contributed by atoms with Gasteiger partial charge in [0.2, 0.25) is 21.7 Å². The molecule has 0 heterocycles.